The van der Waals surface area contributed by atoms with E-state index < -0.39 is 0 Å². The van der Waals surface area contributed by atoms with Gasteiger partial charge in [-0.05, 0) is 42.6 Å². The number of thiazole rings is 1. The van der Waals surface area contributed by atoms with Gasteiger partial charge in [0.05, 0.1) is 25.7 Å². The van der Waals surface area contributed by atoms with Crippen molar-refractivity contribution in [2.75, 3.05) is 11.4 Å². The Balaban J connectivity index is 1.51. The van der Waals surface area contributed by atoms with Crippen molar-refractivity contribution in [3.63, 3.8) is 0 Å². The normalized spacial score (nSPS) is 11.2. The first-order chi connectivity index (χ1) is 14.2. The van der Waals surface area contributed by atoms with Crippen LogP contribution in [0.4, 0.5) is 5.69 Å². The Hall–Kier alpha value is -3.02. The van der Waals surface area contributed by atoms with Gasteiger partial charge in [0.25, 0.3) is 5.91 Å². The Morgan fingerprint density at radius 1 is 0.897 bits per heavy atom. The minimum Gasteiger partial charge on any atom is -0.307 e. The molecule has 0 spiro atoms. The summed E-state index contributed by atoms with van der Waals surface area (Å²) in [6.45, 7) is 2.63. The first-order valence-electron chi connectivity index (χ1n) is 9.50. The number of amides is 1. The summed E-state index contributed by atoms with van der Waals surface area (Å²) in [5.41, 5.74) is 1.95. The molecule has 0 aliphatic rings. The fourth-order valence-corrected chi connectivity index (χ4v) is 5.52. The third kappa shape index (κ3) is 3.22. The lowest BCUT2D eigenvalue weighted by molar-refractivity contribution is 0.0992. The van der Waals surface area contributed by atoms with Crippen molar-refractivity contribution in [2.24, 2.45) is 0 Å². The van der Waals surface area contributed by atoms with Crippen molar-refractivity contribution in [3.8, 4) is 9.88 Å². The van der Waals surface area contributed by atoms with Crippen molar-refractivity contribution in [3.05, 3.63) is 83.7 Å². The monoisotopic (exact) mass is 414 g/mol. The number of aromatic nitrogens is 1. The highest BCUT2D eigenvalue weighted by atomic mass is 32.1. The van der Waals surface area contributed by atoms with Gasteiger partial charge in [-0.1, -0.05) is 48.5 Å². The fraction of sp³-hybridized carbons (Fsp3) is 0.0833. The van der Waals surface area contributed by atoms with Crippen LogP contribution in [-0.2, 0) is 0 Å². The fourth-order valence-electron chi connectivity index (χ4n) is 3.55. The molecule has 5 heteroatoms. The van der Waals surface area contributed by atoms with Crippen LogP contribution >= 0.6 is 22.7 Å². The third-order valence-corrected chi connectivity index (χ3v) is 7.22. The van der Waals surface area contributed by atoms with Gasteiger partial charge in [0.15, 0.2) is 0 Å². The van der Waals surface area contributed by atoms with Gasteiger partial charge >= 0.3 is 0 Å². The molecule has 3 aromatic carbocycles. The number of anilines is 1. The summed E-state index contributed by atoms with van der Waals surface area (Å²) in [6.07, 6.45) is 0. The Morgan fingerprint density at radius 3 is 2.55 bits per heavy atom. The number of thiophene rings is 1. The molecule has 0 unspecified atom stereocenters. The minimum atomic E-state index is 0.0289. The molecular formula is C24H18N2OS2. The summed E-state index contributed by atoms with van der Waals surface area (Å²) < 4.78 is 1.16. The van der Waals surface area contributed by atoms with E-state index in [1.54, 1.807) is 11.3 Å². The number of hydrogen-bond acceptors (Lipinski definition) is 4. The van der Waals surface area contributed by atoms with Crippen molar-refractivity contribution in [2.45, 2.75) is 6.92 Å². The Kier molecular flexibility index (Phi) is 4.62. The molecule has 5 rings (SSSR count). The molecule has 0 bridgehead atoms. The predicted molar refractivity (Wildman–Crippen MR) is 124 cm³/mol. The van der Waals surface area contributed by atoms with Crippen LogP contribution in [0.3, 0.4) is 0 Å². The lowest BCUT2D eigenvalue weighted by atomic mass is 10.1. The van der Waals surface area contributed by atoms with E-state index >= 15 is 0 Å². The summed E-state index contributed by atoms with van der Waals surface area (Å²) in [5.74, 6) is 0.0289. The maximum absolute atomic E-state index is 13.4. The molecule has 2 aromatic heterocycles. The van der Waals surface area contributed by atoms with Gasteiger partial charge in [0, 0.05) is 11.9 Å². The molecule has 142 valence electrons. The zero-order valence-electron chi connectivity index (χ0n) is 15.8. The predicted octanol–water partition coefficient (Wildman–Crippen LogP) is 6.84. The zero-order valence-corrected chi connectivity index (χ0v) is 17.5. The SMILES string of the molecule is CCN(C(=O)c1ccc(-c2nc3ccccc3s2)s1)c1cccc2ccccc12. The summed E-state index contributed by atoms with van der Waals surface area (Å²) in [7, 11) is 0. The maximum atomic E-state index is 13.4. The third-order valence-electron chi connectivity index (χ3n) is 4.94. The molecule has 0 N–H and O–H groups in total. The quantitative estimate of drug-likeness (QED) is 0.322. The van der Waals surface area contributed by atoms with Crippen LogP contribution < -0.4 is 4.90 Å². The smallest absolute Gasteiger partial charge is 0.268 e. The van der Waals surface area contributed by atoms with Gasteiger partial charge in [-0.15, -0.1) is 22.7 Å². The summed E-state index contributed by atoms with van der Waals surface area (Å²) in [6, 6.07) is 26.3. The molecule has 29 heavy (non-hydrogen) atoms. The standard InChI is InChI=1S/C24H18N2OS2/c1-2-26(19-12-7-9-16-8-3-4-10-17(16)19)24(27)22-15-14-21(28-22)23-25-18-11-5-6-13-20(18)29-23/h3-15H,2H2,1H3. The minimum absolute atomic E-state index is 0.0289. The Bertz CT molecular complexity index is 1300. The molecular weight excluding hydrogens is 396 g/mol. The van der Waals surface area contributed by atoms with Crippen LogP contribution in [0.15, 0.2) is 78.9 Å². The highest BCUT2D eigenvalue weighted by molar-refractivity contribution is 7.26. The lowest BCUT2D eigenvalue weighted by Crippen LogP contribution is -2.30. The summed E-state index contributed by atoms with van der Waals surface area (Å²) in [5, 5.41) is 3.19. The Morgan fingerprint density at radius 2 is 1.69 bits per heavy atom. The summed E-state index contributed by atoms with van der Waals surface area (Å²) >= 11 is 3.17. The average Bonchev–Trinajstić information content (AvgIpc) is 3.41. The van der Waals surface area contributed by atoms with Gasteiger partial charge in [-0.2, -0.15) is 0 Å². The molecule has 0 atom stereocenters. The van der Waals surface area contributed by atoms with Crippen molar-refractivity contribution >= 4 is 55.3 Å². The van der Waals surface area contributed by atoms with E-state index in [9.17, 15) is 4.79 Å². The average molecular weight is 415 g/mol. The highest BCUT2D eigenvalue weighted by Crippen LogP contribution is 2.36. The molecule has 3 nitrogen and oxygen atoms in total. The molecule has 0 saturated heterocycles. The second-order valence-corrected chi connectivity index (χ2v) is 8.81. The van der Waals surface area contributed by atoms with Crippen LogP contribution in [0.5, 0.6) is 0 Å². The lowest BCUT2D eigenvalue weighted by Gasteiger charge is -2.22. The van der Waals surface area contributed by atoms with E-state index in [1.165, 1.54) is 11.3 Å². The topological polar surface area (TPSA) is 33.2 Å². The second kappa shape index (κ2) is 7.43. The van der Waals surface area contributed by atoms with E-state index in [-0.39, 0.29) is 5.91 Å². The molecule has 0 fully saturated rings. The number of carbonyl (C=O) groups is 1. The van der Waals surface area contributed by atoms with Gasteiger partial charge in [-0.25, -0.2) is 4.98 Å². The van der Waals surface area contributed by atoms with Gasteiger partial charge in [0.1, 0.15) is 5.01 Å². The number of para-hydroxylation sites is 1. The van der Waals surface area contributed by atoms with Crippen molar-refractivity contribution in [1.82, 2.24) is 4.98 Å². The number of fused-ring (bicyclic) bond motifs is 2. The largest absolute Gasteiger partial charge is 0.307 e. The van der Waals surface area contributed by atoms with Gasteiger partial charge < -0.3 is 4.90 Å². The number of benzene rings is 3. The van der Waals surface area contributed by atoms with Gasteiger partial charge in [0.2, 0.25) is 0 Å². The van der Waals surface area contributed by atoms with E-state index in [0.717, 1.165) is 41.4 Å². The number of hydrogen-bond donors (Lipinski definition) is 0. The van der Waals surface area contributed by atoms with E-state index in [1.807, 2.05) is 66.4 Å². The molecule has 0 radical (unpaired) electrons. The van der Waals surface area contributed by atoms with Crippen LogP contribution in [0.1, 0.15) is 16.6 Å². The molecule has 1 amide bonds. The van der Waals surface area contributed by atoms with Crippen LogP contribution in [0.25, 0.3) is 30.9 Å². The van der Waals surface area contributed by atoms with E-state index in [2.05, 4.69) is 24.3 Å². The van der Waals surface area contributed by atoms with E-state index in [0.29, 0.717) is 6.54 Å². The van der Waals surface area contributed by atoms with Crippen LogP contribution in [0.2, 0.25) is 0 Å². The first kappa shape index (κ1) is 18.0. The molecule has 0 aliphatic carbocycles. The molecule has 0 aliphatic heterocycles. The van der Waals surface area contributed by atoms with E-state index in [4.69, 9.17) is 4.98 Å². The summed E-state index contributed by atoms with van der Waals surface area (Å²) in [4.78, 5) is 21.7. The molecule has 0 saturated carbocycles. The highest BCUT2D eigenvalue weighted by Gasteiger charge is 2.20. The molecule has 5 aromatic rings. The van der Waals surface area contributed by atoms with Crippen LogP contribution in [-0.4, -0.2) is 17.4 Å². The number of carbonyl (C=O) groups excluding carboxylic acids is 1. The second-order valence-electron chi connectivity index (χ2n) is 6.70. The number of rotatable bonds is 4. The van der Waals surface area contributed by atoms with Crippen molar-refractivity contribution in [1.29, 1.82) is 0 Å². The number of nitrogens with zero attached hydrogens (tertiary/aromatic N) is 2. The van der Waals surface area contributed by atoms with Crippen LogP contribution in [0, 0.1) is 0 Å². The van der Waals surface area contributed by atoms with Gasteiger partial charge in [-0.3, -0.25) is 4.79 Å². The first-order valence-corrected chi connectivity index (χ1v) is 11.1. The zero-order chi connectivity index (χ0) is 19.8. The van der Waals surface area contributed by atoms with Crippen molar-refractivity contribution < 1.29 is 4.79 Å². The maximum Gasteiger partial charge on any atom is 0.268 e. The molecule has 2 heterocycles. The Labute approximate surface area is 176 Å².